The maximum atomic E-state index is 12.1. The fourth-order valence-electron chi connectivity index (χ4n) is 1.24. The lowest BCUT2D eigenvalue weighted by Gasteiger charge is -2.11. The summed E-state index contributed by atoms with van der Waals surface area (Å²) < 4.78 is 44.4. The first-order valence-electron chi connectivity index (χ1n) is 5.03. The average Bonchev–Trinajstić information content (AvgIpc) is 2.29. The van der Waals surface area contributed by atoms with Crippen LogP contribution in [0, 0.1) is 0 Å². The molecule has 5 nitrogen and oxygen atoms in total. The van der Waals surface area contributed by atoms with E-state index in [1.54, 1.807) is 6.92 Å². The lowest BCUT2D eigenvalue weighted by atomic mass is 10.2. The van der Waals surface area contributed by atoms with Crippen LogP contribution in [0.4, 0.5) is 13.2 Å². The zero-order valence-electron chi connectivity index (χ0n) is 9.64. The normalized spacial score (nSPS) is 11.2. The Kier molecular flexibility index (Phi) is 4.98. The van der Waals surface area contributed by atoms with E-state index in [9.17, 15) is 22.8 Å². The summed E-state index contributed by atoms with van der Waals surface area (Å²) in [7, 11) is 0. The van der Waals surface area contributed by atoms with Crippen LogP contribution >= 0.6 is 15.9 Å². The highest BCUT2D eigenvalue weighted by atomic mass is 79.9. The molecule has 1 rings (SSSR count). The van der Waals surface area contributed by atoms with Gasteiger partial charge < -0.3 is 14.5 Å². The lowest BCUT2D eigenvalue weighted by Crippen LogP contribution is -2.25. The molecule has 1 N–H and O–H groups in total. The smallest absolute Gasteiger partial charge is 0.461 e. The number of ether oxygens (including phenoxy) is 2. The molecule has 106 valence electrons. The van der Waals surface area contributed by atoms with E-state index in [0.717, 1.165) is 6.07 Å². The molecule has 0 fully saturated rings. The second-order valence-corrected chi connectivity index (χ2v) is 3.83. The van der Waals surface area contributed by atoms with Crippen molar-refractivity contribution < 1.29 is 27.4 Å². The van der Waals surface area contributed by atoms with E-state index in [0.29, 0.717) is 0 Å². The minimum Gasteiger partial charge on any atom is -0.461 e. The summed E-state index contributed by atoms with van der Waals surface area (Å²) in [5, 5.41) is 0.0478. The number of aromatic amines is 1. The minimum atomic E-state index is -4.98. The molecule has 0 unspecified atom stereocenters. The molecule has 9 heteroatoms. The van der Waals surface area contributed by atoms with Gasteiger partial charge in [-0.15, -0.1) is 13.2 Å². The zero-order chi connectivity index (χ0) is 14.6. The van der Waals surface area contributed by atoms with Gasteiger partial charge >= 0.3 is 12.3 Å². The lowest BCUT2D eigenvalue weighted by molar-refractivity contribution is -0.275. The first-order valence-corrected chi connectivity index (χ1v) is 6.15. The van der Waals surface area contributed by atoms with Gasteiger partial charge in [0.15, 0.2) is 5.75 Å². The van der Waals surface area contributed by atoms with Crippen molar-refractivity contribution in [2.24, 2.45) is 0 Å². The Balaban J connectivity index is 3.22. The predicted octanol–water partition coefficient (Wildman–Crippen LogP) is 2.35. The summed E-state index contributed by atoms with van der Waals surface area (Å²) >= 11 is 3.00. The number of pyridine rings is 1. The number of esters is 1. The molecule has 0 amide bonds. The van der Waals surface area contributed by atoms with Gasteiger partial charge in [0.2, 0.25) is 0 Å². The summed E-state index contributed by atoms with van der Waals surface area (Å²) in [6.07, 6.45) is -4.98. The number of rotatable bonds is 4. The Morgan fingerprint density at radius 3 is 2.58 bits per heavy atom. The first-order chi connectivity index (χ1) is 8.78. The van der Waals surface area contributed by atoms with Crippen molar-refractivity contribution in [3.63, 3.8) is 0 Å². The summed E-state index contributed by atoms with van der Waals surface area (Å²) in [5.74, 6) is -1.76. The largest absolute Gasteiger partial charge is 0.573 e. The topological polar surface area (TPSA) is 68.4 Å². The number of carbonyl (C=O) groups excluding carboxylic acids is 1. The van der Waals surface area contributed by atoms with Gasteiger partial charge in [0, 0.05) is 5.33 Å². The second-order valence-electron chi connectivity index (χ2n) is 3.26. The van der Waals surface area contributed by atoms with Crippen LogP contribution in [-0.2, 0) is 10.1 Å². The van der Waals surface area contributed by atoms with Crippen molar-refractivity contribution in [2.45, 2.75) is 18.6 Å². The Bertz CT molecular complexity index is 526. The first kappa shape index (κ1) is 15.5. The van der Waals surface area contributed by atoms with Crippen molar-refractivity contribution in [3.8, 4) is 5.75 Å². The second kappa shape index (κ2) is 6.09. The van der Waals surface area contributed by atoms with Gasteiger partial charge in [0.25, 0.3) is 5.56 Å². The monoisotopic (exact) mass is 343 g/mol. The van der Waals surface area contributed by atoms with Crippen LogP contribution in [0.1, 0.15) is 23.0 Å². The number of hydrogen-bond donors (Lipinski definition) is 1. The molecule has 0 saturated heterocycles. The number of H-pyrrole nitrogens is 1. The van der Waals surface area contributed by atoms with Crippen molar-refractivity contribution >= 4 is 21.9 Å². The maximum absolute atomic E-state index is 12.1. The van der Waals surface area contributed by atoms with Crippen LogP contribution in [0.3, 0.4) is 0 Å². The van der Waals surface area contributed by atoms with E-state index in [-0.39, 0.29) is 23.2 Å². The predicted molar refractivity (Wildman–Crippen MR) is 62.3 cm³/mol. The van der Waals surface area contributed by atoms with E-state index in [4.69, 9.17) is 0 Å². The van der Waals surface area contributed by atoms with Crippen LogP contribution in [0.15, 0.2) is 10.9 Å². The molecule has 0 radical (unpaired) electrons. The Labute approximate surface area is 113 Å². The zero-order valence-corrected chi connectivity index (χ0v) is 11.2. The van der Waals surface area contributed by atoms with Crippen LogP contribution in [0.25, 0.3) is 0 Å². The molecule has 0 aliphatic carbocycles. The Hall–Kier alpha value is -1.51. The molecule has 0 bridgehead atoms. The van der Waals surface area contributed by atoms with Gasteiger partial charge in [0.05, 0.1) is 6.61 Å². The molecule has 0 aromatic carbocycles. The molecule has 0 aliphatic heterocycles. The molecule has 0 saturated carbocycles. The fourth-order valence-corrected chi connectivity index (χ4v) is 1.68. The third-order valence-electron chi connectivity index (χ3n) is 1.94. The van der Waals surface area contributed by atoms with Gasteiger partial charge in [0.1, 0.15) is 5.69 Å². The van der Waals surface area contributed by atoms with E-state index in [1.807, 2.05) is 4.98 Å². The SMILES string of the molecule is CCOC(=O)c1[nH]c(=O)c(OC(F)(F)F)cc1CBr. The van der Waals surface area contributed by atoms with Gasteiger partial charge in [-0.3, -0.25) is 4.79 Å². The van der Waals surface area contributed by atoms with Gasteiger partial charge in [-0.2, -0.15) is 0 Å². The van der Waals surface area contributed by atoms with E-state index in [1.165, 1.54) is 0 Å². The highest BCUT2D eigenvalue weighted by Crippen LogP contribution is 2.22. The minimum absolute atomic E-state index is 0.0478. The van der Waals surface area contributed by atoms with Crippen LogP contribution in [0.5, 0.6) is 5.75 Å². The molecule has 1 heterocycles. The van der Waals surface area contributed by atoms with Crippen molar-refractivity contribution in [1.82, 2.24) is 4.98 Å². The quantitative estimate of drug-likeness (QED) is 0.673. The van der Waals surface area contributed by atoms with Crippen molar-refractivity contribution in [2.75, 3.05) is 6.61 Å². The molecule has 0 spiro atoms. The molecular formula is C10H9BrF3NO4. The third kappa shape index (κ3) is 4.27. The van der Waals surface area contributed by atoms with Gasteiger partial charge in [-0.25, -0.2) is 4.79 Å². The molecule has 0 aliphatic rings. The van der Waals surface area contributed by atoms with Crippen LogP contribution < -0.4 is 10.3 Å². The maximum Gasteiger partial charge on any atom is 0.573 e. The summed E-state index contributed by atoms with van der Waals surface area (Å²) in [4.78, 5) is 24.9. The van der Waals surface area contributed by atoms with Crippen molar-refractivity contribution in [1.29, 1.82) is 0 Å². The summed E-state index contributed by atoms with van der Waals surface area (Å²) in [6.45, 7) is 1.63. The van der Waals surface area contributed by atoms with Crippen LogP contribution in [-0.4, -0.2) is 23.9 Å². The highest BCUT2D eigenvalue weighted by molar-refractivity contribution is 9.08. The standard InChI is InChI=1S/C10H9BrF3NO4/c1-2-18-9(17)7-5(4-11)3-6(8(16)15-7)19-10(12,13)14/h3H,2,4H2,1H3,(H,15,16). The molecule has 1 aromatic heterocycles. The Morgan fingerprint density at radius 1 is 1.47 bits per heavy atom. The Morgan fingerprint density at radius 2 is 2.11 bits per heavy atom. The van der Waals surface area contributed by atoms with E-state index < -0.39 is 23.6 Å². The fraction of sp³-hybridized carbons (Fsp3) is 0.400. The third-order valence-corrected chi connectivity index (χ3v) is 2.54. The number of carbonyl (C=O) groups is 1. The molecular weight excluding hydrogens is 335 g/mol. The van der Waals surface area contributed by atoms with Crippen LogP contribution in [0.2, 0.25) is 0 Å². The number of halogens is 4. The molecule has 0 atom stereocenters. The summed E-state index contributed by atoms with van der Waals surface area (Å²) in [5.41, 5.74) is -1.25. The van der Waals surface area contributed by atoms with E-state index >= 15 is 0 Å². The van der Waals surface area contributed by atoms with E-state index in [2.05, 4.69) is 25.4 Å². The van der Waals surface area contributed by atoms with Gasteiger partial charge in [-0.1, -0.05) is 15.9 Å². The number of alkyl halides is 4. The van der Waals surface area contributed by atoms with Crippen molar-refractivity contribution in [3.05, 3.63) is 27.7 Å². The molecule has 19 heavy (non-hydrogen) atoms. The number of aromatic nitrogens is 1. The highest BCUT2D eigenvalue weighted by Gasteiger charge is 2.33. The number of hydrogen-bond acceptors (Lipinski definition) is 4. The average molecular weight is 344 g/mol. The summed E-state index contributed by atoms with van der Waals surface area (Å²) in [6, 6.07) is 0.841. The molecule has 1 aromatic rings. The number of nitrogens with one attached hydrogen (secondary N) is 1. The van der Waals surface area contributed by atoms with Gasteiger partial charge in [-0.05, 0) is 18.6 Å².